The van der Waals surface area contributed by atoms with Crippen molar-refractivity contribution in [1.82, 2.24) is 10.6 Å². The molecule has 2 N–H and O–H groups in total. The Morgan fingerprint density at radius 2 is 2.07 bits per heavy atom. The van der Waals surface area contributed by atoms with Gasteiger partial charge in [-0.2, -0.15) is 11.8 Å². The van der Waals surface area contributed by atoms with E-state index in [0.29, 0.717) is 6.04 Å². The molecule has 15 heavy (non-hydrogen) atoms. The molecule has 0 bridgehead atoms. The van der Waals surface area contributed by atoms with Gasteiger partial charge in [0.25, 0.3) is 0 Å². The summed E-state index contributed by atoms with van der Waals surface area (Å²) in [5.41, 5.74) is 0. The number of nitrogens with one attached hydrogen (secondary N) is 2. The van der Waals surface area contributed by atoms with Gasteiger partial charge in [0.05, 0.1) is 0 Å². The largest absolute Gasteiger partial charge is 0.335 e. The van der Waals surface area contributed by atoms with Gasteiger partial charge in [-0.25, -0.2) is 4.79 Å². The van der Waals surface area contributed by atoms with Gasteiger partial charge in [-0.3, -0.25) is 0 Å². The summed E-state index contributed by atoms with van der Waals surface area (Å²) in [6.45, 7) is 2.04. The molecule has 0 aliphatic heterocycles. The summed E-state index contributed by atoms with van der Waals surface area (Å²) in [4.78, 5) is 11.6. The first-order valence-corrected chi connectivity index (χ1v) is 7.17. The first-order valence-electron chi connectivity index (χ1n) is 5.78. The lowest BCUT2D eigenvalue weighted by atomic mass is 9.96. The van der Waals surface area contributed by atoms with Gasteiger partial charge in [0.15, 0.2) is 0 Å². The molecule has 4 heteroatoms. The SMILES string of the molecule is CSCC(C)NC(=O)NC1CCCCC1. The number of carbonyl (C=O) groups is 1. The van der Waals surface area contributed by atoms with E-state index in [1.54, 1.807) is 11.8 Å². The third-order valence-corrected chi connectivity index (χ3v) is 3.57. The molecule has 1 rings (SSSR count). The first-order chi connectivity index (χ1) is 7.22. The number of thioether (sulfide) groups is 1. The first kappa shape index (κ1) is 12.7. The van der Waals surface area contributed by atoms with E-state index in [1.807, 2.05) is 6.92 Å². The maximum Gasteiger partial charge on any atom is 0.315 e. The van der Waals surface area contributed by atoms with E-state index in [0.717, 1.165) is 18.6 Å². The fraction of sp³-hybridized carbons (Fsp3) is 0.909. The normalized spacial score (nSPS) is 19.6. The van der Waals surface area contributed by atoms with E-state index in [9.17, 15) is 4.79 Å². The zero-order valence-electron chi connectivity index (χ0n) is 9.71. The molecule has 0 saturated heterocycles. The molecule has 2 amide bonds. The van der Waals surface area contributed by atoms with E-state index >= 15 is 0 Å². The van der Waals surface area contributed by atoms with Crippen LogP contribution in [0.2, 0.25) is 0 Å². The van der Waals surface area contributed by atoms with Crippen LogP contribution in [0, 0.1) is 0 Å². The molecule has 88 valence electrons. The fourth-order valence-electron chi connectivity index (χ4n) is 1.99. The minimum Gasteiger partial charge on any atom is -0.335 e. The number of urea groups is 1. The van der Waals surface area contributed by atoms with E-state index < -0.39 is 0 Å². The van der Waals surface area contributed by atoms with Crippen LogP contribution in [-0.2, 0) is 0 Å². The fourth-order valence-corrected chi connectivity index (χ4v) is 2.57. The van der Waals surface area contributed by atoms with Crippen molar-refractivity contribution >= 4 is 17.8 Å². The van der Waals surface area contributed by atoms with Crippen molar-refractivity contribution in [2.75, 3.05) is 12.0 Å². The average molecular weight is 230 g/mol. The highest BCUT2D eigenvalue weighted by molar-refractivity contribution is 7.98. The maximum atomic E-state index is 11.6. The van der Waals surface area contributed by atoms with Crippen LogP contribution < -0.4 is 10.6 Å². The molecular weight excluding hydrogens is 208 g/mol. The second-order valence-electron chi connectivity index (χ2n) is 4.31. The van der Waals surface area contributed by atoms with Crippen molar-refractivity contribution in [1.29, 1.82) is 0 Å². The molecule has 0 aromatic heterocycles. The zero-order chi connectivity index (χ0) is 11.1. The Morgan fingerprint density at radius 3 is 2.67 bits per heavy atom. The second kappa shape index (κ2) is 6.99. The van der Waals surface area contributed by atoms with Crippen LogP contribution in [0.4, 0.5) is 4.79 Å². The molecule has 1 unspecified atom stereocenters. The highest BCUT2D eigenvalue weighted by Gasteiger charge is 2.16. The molecular formula is C11H22N2OS. The number of carbonyl (C=O) groups excluding carboxylic acids is 1. The van der Waals surface area contributed by atoms with Gasteiger partial charge >= 0.3 is 6.03 Å². The molecule has 0 aromatic rings. The van der Waals surface area contributed by atoms with E-state index in [2.05, 4.69) is 16.9 Å². The molecule has 1 atom stereocenters. The molecule has 1 aliphatic carbocycles. The monoisotopic (exact) mass is 230 g/mol. The lowest BCUT2D eigenvalue weighted by molar-refractivity contribution is 0.230. The minimum absolute atomic E-state index is 0.00319. The second-order valence-corrected chi connectivity index (χ2v) is 5.22. The summed E-state index contributed by atoms with van der Waals surface area (Å²) in [7, 11) is 0. The number of rotatable bonds is 4. The van der Waals surface area contributed by atoms with Crippen molar-refractivity contribution < 1.29 is 4.79 Å². The number of hydrogen-bond acceptors (Lipinski definition) is 2. The smallest absolute Gasteiger partial charge is 0.315 e. The lowest BCUT2D eigenvalue weighted by Gasteiger charge is -2.24. The Balaban J connectivity index is 2.16. The molecule has 3 nitrogen and oxygen atoms in total. The van der Waals surface area contributed by atoms with Gasteiger partial charge in [-0.15, -0.1) is 0 Å². The van der Waals surface area contributed by atoms with Crippen LogP contribution in [0.25, 0.3) is 0 Å². The molecule has 1 aliphatic rings. The third kappa shape index (κ3) is 5.30. The topological polar surface area (TPSA) is 41.1 Å². The van der Waals surface area contributed by atoms with Gasteiger partial charge in [0, 0.05) is 17.8 Å². The van der Waals surface area contributed by atoms with Gasteiger partial charge in [-0.1, -0.05) is 19.3 Å². The van der Waals surface area contributed by atoms with Gasteiger partial charge < -0.3 is 10.6 Å². The molecule has 0 radical (unpaired) electrons. The van der Waals surface area contributed by atoms with Crippen molar-refractivity contribution in [2.45, 2.75) is 51.1 Å². The molecule has 1 fully saturated rings. The number of amides is 2. The van der Waals surface area contributed by atoms with Gasteiger partial charge in [0.1, 0.15) is 0 Å². The van der Waals surface area contributed by atoms with Crippen molar-refractivity contribution in [3.8, 4) is 0 Å². The summed E-state index contributed by atoms with van der Waals surface area (Å²) in [5.74, 6) is 0.970. The van der Waals surface area contributed by atoms with Crippen LogP contribution >= 0.6 is 11.8 Å². The molecule has 0 spiro atoms. The van der Waals surface area contributed by atoms with E-state index in [-0.39, 0.29) is 12.1 Å². The van der Waals surface area contributed by atoms with Crippen LogP contribution in [0.5, 0.6) is 0 Å². The molecule has 0 heterocycles. The Morgan fingerprint density at radius 1 is 1.40 bits per heavy atom. The van der Waals surface area contributed by atoms with Gasteiger partial charge in [0.2, 0.25) is 0 Å². The average Bonchev–Trinajstić information content (AvgIpc) is 2.19. The Bertz CT molecular complexity index is 193. The molecule has 1 saturated carbocycles. The van der Waals surface area contributed by atoms with Crippen LogP contribution in [0.1, 0.15) is 39.0 Å². The highest BCUT2D eigenvalue weighted by Crippen LogP contribution is 2.17. The van der Waals surface area contributed by atoms with Crippen LogP contribution in [0.15, 0.2) is 0 Å². The van der Waals surface area contributed by atoms with Gasteiger partial charge in [-0.05, 0) is 26.0 Å². The van der Waals surface area contributed by atoms with Crippen LogP contribution in [0.3, 0.4) is 0 Å². The Hall–Kier alpha value is -0.380. The predicted octanol–water partition coefficient (Wildman–Crippen LogP) is 2.37. The van der Waals surface area contributed by atoms with E-state index in [4.69, 9.17) is 0 Å². The summed E-state index contributed by atoms with van der Waals surface area (Å²) in [6.07, 6.45) is 8.17. The lowest BCUT2D eigenvalue weighted by Crippen LogP contribution is -2.46. The summed E-state index contributed by atoms with van der Waals surface area (Å²) < 4.78 is 0. The standard InChI is InChI=1S/C11H22N2OS/c1-9(8-15-2)12-11(14)13-10-6-4-3-5-7-10/h9-10H,3-8H2,1-2H3,(H2,12,13,14). The molecule has 0 aromatic carbocycles. The predicted molar refractivity (Wildman–Crippen MR) is 66.4 cm³/mol. The van der Waals surface area contributed by atoms with Crippen molar-refractivity contribution in [3.63, 3.8) is 0 Å². The summed E-state index contributed by atoms with van der Waals surface area (Å²) in [5, 5.41) is 6.01. The Kier molecular flexibility index (Phi) is 5.91. The van der Waals surface area contributed by atoms with E-state index in [1.165, 1.54) is 19.3 Å². The van der Waals surface area contributed by atoms with Crippen LogP contribution in [-0.4, -0.2) is 30.1 Å². The zero-order valence-corrected chi connectivity index (χ0v) is 10.5. The quantitative estimate of drug-likeness (QED) is 0.778. The number of hydrogen-bond donors (Lipinski definition) is 2. The highest BCUT2D eigenvalue weighted by atomic mass is 32.2. The minimum atomic E-state index is 0.00319. The third-order valence-electron chi connectivity index (χ3n) is 2.73. The van der Waals surface area contributed by atoms with Crippen molar-refractivity contribution in [3.05, 3.63) is 0 Å². The van der Waals surface area contributed by atoms with Crippen molar-refractivity contribution in [2.24, 2.45) is 0 Å². The Labute approximate surface area is 96.8 Å². The summed E-state index contributed by atoms with van der Waals surface area (Å²) >= 11 is 1.76. The maximum absolute atomic E-state index is 11.6. The summed E-state index contributed by atoms with van der Waals surface area (Å²) in [6, 6.07) is 0.660.